The van der Waals surface area contributed by atoms with Crippen molar-refractivity contribution in [3.05, 3.63) is 81.7 Å². The second-order valence-corrected chi connectivity index (χ2v) is 6.03. The second kappa shape index (κ2) is 8.36. The molecule has 5 nitrogen and oxygen atoms in total. The van der Waals surface area contributed by atoms with E-state index >= 15 is 0 Å². The van der Waals surface area contributed by atoms with Crippen LogP contribution in [0.3, 0.4) is 0 Å². The molecule has 0 fully saturated rings. The van der Waals surface area contributed by atoms with Crippen molar-refractivity contribution in [2.75, 3.05) is 13.7 Å². The molecular formula is C22H20O5. The smallest absolute Gasteiger partial charge is 0.340 e. The van der Waals surface area contributed by atoms with Crippen LogP contribution in [0, 0.1) is 6.92 Å². The summed E-state index contributed by atoms with van der Waals surface area (Å²) in [7, 11) is 1.29. The van der Waals surface area contributed by atoms with Crippen LogP contribution in [0.25, 0.3) is 17.0 Å². The van der Waals surface area contributed by atoms with Crippen LogP contribution < -0.4 is 10.4 Å². The molecule has 1 aromatic heterocycles. The van der Waals surface area contributed by atoms with Crippen LogP contribution in [-0.2, 0) is 16.0 Å². The Morgan fingerprint density at radius 2 is 1.93 bits per heavy atom. The molecule has 0 saturated carbocycles. The van der Waals surface area contributed by atoms with E-state index in [1.807, 2.05) is 54.6 Å². The minimum atomic E-state index is -0.536. The zero-order valence-corrected chi connectivity index (χ0v) is 15.2. The first-order valence-electron chi connectivity index (χ1n) is 8.56. The fraction of sp³-hybridized carbons (Fsp3) is 0.182. The maximum Gasteiger partial charge on any atom is 0.340 e. The first-order valence-corrected chi connectivity index (χ1v) is 8.56. The fourth-order valence-electron chi connectivity index (χ4n) is 2.78. The Hall–Kier alpha value is -3.34. The summed E-state index contributed by atoms with van der Waals surface area (Å²) in [6.45, 7) is 2.19. The van der Waals surface area contributed by atoms with Gasteiger partial charge < -0.3 is 13.9 Å². The first kappa shape index (κ1) is 18.5. The summed E-state index contributed by atoms with van der Waals surface area (Å²) in [5.74, 6) is 0.124. The lowest BCUT2D eigenvalue weighted by molar-refractivity contribution is -0.139. The standard InChI is InChI=1S/C22H20O5/c1-15-18-11-10-17(26-12-6-9-16-7-4-3-5-8-16)13-20(18)27-22(24)19(15)14-21(23)25-2/h3-11,13H,12,14H2,1-2H3/b9-6+. The predicted octanol–water partition coefficient (Wildman–Crippen LogP) is 3.91. The van der Waals surface area contributed by atoms with Crippen molar-refractivity contribution in [2.24, 2.45) is 0 Å². The quantitative estimate of drug-likeness (QED) is 0.490. The van der Waals surface area contributed by atoms with Crippen LogP contribution in [0.5, 0.6) is 5.75 Å². The maximum atomic E-state index is 12.2. The third kappa shape index (κ3) is 4.44. The lowest BCUT2D eigenvalue weighted by atomic mass is 10.0. The van der Waals surface area contributed by atoms with Crippen LogP contribution in [0.2, 0.25) is 0 Å². The average molecular weight is 364 g/mol. The summed E-state index contributed by atoms with van der Waals surface area (Å²) in [4.78, 5) is 23.7. The van der Waals surface area contributed by atoms with Crippen molar-refractivity contribution in [2.45, 2.75) is 13.3 Å². The van der Waals surface area contributed by atoms with E-state index in [0.29, 0.717) is 29.1 Å². The fourth-order valence-corrected chi connectivity index (χ4v) is 2.78. The molecule has 0 amide bonds. The highest BCUT2D eigenvalue weighted by Crippen LogP contribution is 2.24. The minimum Gasteiger partial charge on any atom is -0.489 e. The van der Waals surface area contributed by atoms with E-state index < -0.39 is 11.6 Å². The van der Waals surface area contributed by atoms with Gasteiger partial charge in [0.05, 0.1) is 19.1 Å². The molecule has 3 rings (SSSR count). The Kier molecular flexibility index (Phi) is 5.71. The average Bonchev–Trinajstić information content (AvgIpc) is 2.69. The van der Waals surface area contributed by atoms with Crippen LogP contribution in [-0.4, -0.2) is 19.7 Å². The van der Waals surface area contributed by atoms with Crippen molar-refractivity contribution in [3.63, 3.8) is 0 Å². The lowest BCUT2D eigenvalue weighted by Crippen LogP contribution is -2.16. The molecule has 0 aliphatic heterocycles. The molecule has 138 valence electrons. The monoisotopic (exact) mass is 364 g/mol. The highest BCUT2D eigenvalue weighted by Gasteiger charge is 2.15. The van der Waals surface area contributed by atoms with Gasteiger partial charge in [-0.15, -0.1) is 0 Å². The van der Waals surface area contributed by atoms with Crippen molar-refractivity contribution >= 4 is 23.0 Å². The zero-order valence-electron chi connectivity index (χ0n) is 15.2. The Morgan fingerprint density at radius 1 is 1.15 bits per heavy atom. The van der Waals surface area contributed by atoms with Gasteiger partial charge in [-0.1, -0.05) is 36.4 Å². The summed E-state index contributed by atoms with van der Waals surface area (Å²) in [6, 6.07) is 15.3. The van der Waals surface area contributed by atoms with Gasteiger partial charge in [-0.05, 0) is 36.3 Å². The van der Waals surface area contributed by atoms with Crippen LogP contribution >= 0.6 is 0 Å². The van der Waals surface area contributed by atoms with Crippen molar-refractivity contribution in [1.82, 2.24) is 0 Å². The van der Waals surface area contributed by atoms with E-state index in [0.717, 1.165) is 10.9 Å². The van der Waals surface area contributed by atoms with Gasteiger partial charge in [0.15, 0.2) is 0 Å². The molecule has 0 radical (unpaired) electrons. The third-order valence-corrected chi connectivity index (χ3v) is 4.26. The number of fused-ring (bicyclic) bond motifs is 1. The van der Waals surface area contributed by atoms with Gasteiger partial charge in [-0.25, -0.2) is 4.79 Å². The van der Waals surface area contributed by atoms with Crippen molar-refractivity contribution in [3.8, 4) is 5.75 Å². The van der Waals surface area contributed by atoms with E-state index in [1.165, 1.54) is 7.11 Å². The van der Waals surface area contributed by atoms with E-state index in [1.54, 1.807) is 13.0 Å². The number of esters is 1. The summed E-state index contributed by atoms with van der Waals surface area (Å²) in [5.41, 5.74) is 2.01. The molecule has 5 heteroatoms. The van der Waals surface area contributed by atoms with Gasteiger partial charge in [-0.2, -0.15) is 0 Å². The molecule has 0 saturated heterocycles. The van der Waals surface area contributed by atoms with E-state index in [-0.39, 0.29) is 6.42 Å². The molecule has 0 atom stereocenters. The number of hydrogen-bond donors (Lipinski definition) is 0. The summed E-state index contributed by atoms with van der Waals surface area (Å²) in [6.07, 6.45) is 3.79. The SMILES string of the molecule is COC(=O)Cc1c(C)c2ccc(OC/C=C/c3ccccc3)cc2oc1=O. The third-order valence-electron chi connectivity index (χ3n) is 4.26. The summed E-state index contributed by atoms with van der Waals surface area (Å²) >= 11 is 0. The van der Waals surface area contributed by atoms with Gasteiger partial charge >= 0.3 is 11.6 Å². The molecule has 1 heterocycles. The number of aryl methyl sites for hydroxylation is 1. The topological polar surface area (TPSA) is 65.7 Å². The number of hydrogen-bond acceptors (Lipinski definition) is 5. The second-order valence-electron chi connectivity index (χ2n) is 6.03. The number of carbonyl (C=O) groups excluding carboxylic acids is 1. The minimum absolute atomic E-state index is 0.108. The molecule has 0 unspecified atom stereocenters. The van der Waals surface area contributed by atoms with Crippen LogP contribution in [0.1, 0.15) is 16.7 Å². The number of ether oxygens (including phenoxy) is 2. The molecular weight excluding hydrogens is 344 g/mol. The largest absolute Gasteiger partial charge is 0.489 e. The summed E-state index contributed by atoms with van der Waals surface area (Å²) < 4.78 is 15.7. The zero-order chi connectivity index (χ0) is 19.2. The predicted molar refractivity (Wildman–Crippen MR) is 104 cm³/mol. The van der Waals surface area contributed by atoms with E-state index in [4.69, 9.17) is 9.15 Å². The normalized spacial score (nSPS) is 11.0. The van der Waals surface area contributed by atoms with Gasteiger partial charge in [0.1, 0.15) is 17.9 Å². The number of rotatable bonds is 6. The van der Waals surface area contributed by atoms with Crippen LogP contribution in [0.15, 0.2) is 63.8 Å². The Labute approximate surface area is 156 Å². The molecule has 27 heavy (non-hydrogen) atoms. The number of carbonyl (C=O) groups is 1. The van der Waals surface area contributed by atoms with Gasteiger partial charge in [-0.3, -0.25) is 4.79 Å². The molecule has 0 aliphatic rings. The van der Waals surface area contributed by atoms with E-state index in [9.17, 15) is 9.59 Å². The molecule has 0 N–H and O–H groups in total. The Balaban J connectivity index is 1.77. The van der Waals surface area contributed by atoms with Crippen LogP contribution in [0.4, 0.5) is 0 Å². The van der Waals surface area contributed by atoms with Crippen molar-refractivity contribution in [1.29, 1.82) is 0 Å². The van der Waals surface area contributed by atoms with Gasteiger partial charge in [0, 0.05) is 11.5 Å². The lowest BCUT2D eigenvalue weighted by Gasteiger charge is -2.09. The van der Waals surface area contributed by atoms with Crippen molar-refractivity contribution < 1.29 is 18.7 Å². The Morgan fingerprint density at radius 3 is 2.67 bits per heavy atom. The highest BCUT2D eigenvalue weighted by atomic mass is 16.5. The Bertz CT molecular complexity index is 1030. The number of methoxy groups -OCH3 is 1. The van der Waals surface area contributed by atoms with Gasteiger partial charge in [0.25, 0.3) is 0 Å². The highest BCUT2D eigenvalue weighted by molar-refractivity contribution is 5.84. The number of benzene rings is 2. The molecule has 0 bridgehead atoms. The summed E-state index contributed by atoms with van der Waals surface area (Å²) in [5, 5.41) is 0.765. The first-order chi connectivity index (χ1) is 13.1. The molecule has 0 spiro atoms. The van der Waals surface area contributed by atoms with E-state index in [2.05, 4.69) is 4.74 Å². The molecule has 2 aromatic carbocycles. The van der Waals surface area contributed by atoms with Gasteiger partial charge in [0.2, 0.25) is 0 Å². The molecule has 0 aliphatic carbocycles. The maximum absolute atomic E-state index is 12.2. The molecule has 3 aromatic rings.